The Hall–Kier alpha value is -0.521. The van der Waals surface area contributed by atoms with Crippen LogP contribution in [-0.2, 0) is 6.18 Å². The van der Waals surface area contributed by atoms with Gasteiger partial charge in [0.15, 0.2) is 0 Å². The second-order valence-electron chi connectivity index (χ2n) is 2.68. The van der Waals surface area contributed by atoms with Crippen LogP contribution in [0.15, 0.2) is 22.7 Å². The van der Waals surface area contributed by atoms with E-state index in [0.29, 0.717) is 4.47 Å². The zero-order chi connectivity index (χ0) is 11.6. The molecule has 0 aliphatic heterocycles. The molecule has 0 heterocycles. The van der Waals surface area contributed by atoms with Crippen LogP contribution >= 0.6 is 15.9 Å². The fraction of sp³-hybridized carbons (Fsp3) is 0.125. The van der Waals surface area contributed by atoms with Crippen molar-refractivity contribution in [2.45, 2.75) is 6.18 Å². The Bertz CT molecular complexity index is 392. The number of benzene rings is 1. The Morgan fingerprint density at radius 1 is 1.40 bits per heavy atom. The van der Waals surface area contributed by atoms with Gasteiger partial charge in [-0.1, -0.05) is 0 Å². The van der Waals surface area contributed by atoms with Crippen molar-refractivity contribution in [2.24, 2.45) is 5.73 Å². The van der Waals surface area contributed by atoms with Crippen LogP contribution in [0.3, 0.4) is 0 Å². The molecule has 1 aromatic carbocycles. The third-order valence-electron chi connectivity index (χ3n) is 1.55. The number of anilines is 1. The molecule has 0 amide bonds. The maximum atomic E-state index is 12.3. The predicted octanol–water partition coefficient (Wildman–Crippen LogP) is 2.09. The molecule has 15 heavy (non-hydrogen) atoms. The molecule has 0 bridgehead atoms. The molecule has 0 spiro atoms. The average Bonchev–Trinajstić information content (AvgIpc) is 2.06. The normalized spacial score (nSPS) is 11.2. The van der Waals surface area contributed by atoms with Gasteiger partial charge in [-0.15, -0.1) is 0 Å². The summed E-state index contributed by atoms with van der Waals surface area (Å²) >= 11 is 5.57. The number of hydrogen-bond acceptors (Lipinski definition) is 2. The van der Waals surface area contributed by atoms with Gasteiger partial charge in [-0.3, -0.25) is 0 Å². The third-order valence-corrected chi connectivity index (χ3v) is 2.46. The summed E-state index contributed by atoms with van der Waals surface area (Å²) in [5.41, 5.74) is 4.84. The molecule has 1 rings (SSSR count). The summed E-state index contributed by atoms with van der Waals surface area (Å²) in [5.74, 6) is 0. The SMILES string of the molecule is NC(=[Se])Nc1cc(C(F)(F)F)ccc1Br. The van der Waals surface area contributed by atoms with E-state index in [1.165, 1.54) is 6.07 Å². The second kappa shape index (κ2) is 4.55. The van der Waals surface area contributed by atoms with E-state index >= 15 is 0 Å². The van der Waals surface area contributed by atoms with Crippen LogP contribution in [0, 0.1) is 0 Å². The Balaban J connectivity index is 3.11. The number of nitrogens with two attached hydrogens (primary N) is 1. The minimum atomic E-state index is -4.36. The van der Waals surface area contributed by atoms with E-state index < -0.39 is 11.7 Å². The molecular formula is C8H6BrF3N2Se. The average molecular weight is 346 g/mol. The maximum absolute atomic E-state index is 12.3. The molecule has 1 aromatic rings. The van der Waals surface area contributed by atoms with Crippen LogP contribution in [-0.4, -0.2) is 20.2 Å². The summed E-state index contributed by atoms with van der Waals surface area (Å²) in [7, 11) is 0. The Labute approximate surface area is 101 Å². The fourth-order valence-electron chi connectivity index (χ4n) is 0.930. The van der Waals surface area contributed by atoms with Gasteiger partial charge < -0.3 is 0 Å². The molecule has 2 nitrogen and oxygen atoms in total. The summed E-state index contributed by atoms with van der Waals surface area (Å²) < 4.78 is 37.8. The van der Waals surface area contributed by atoms with E-state index in [2.05, 4.69) is 36.8 Å². The first kappa shape index (κ1) is 12.5. The van der Waals surface area contributed by atoms with Gasteiger partial charge in [0.25, 0.3) is 0 Å². The Morgan fingerprint density at radius 3 is 2.47 bits per heavy atom. The van der Waals surface area contributed by atoms with Crippen molar-refractivity contribution in [3.05, 3.63) is 28.2 Å². The quantitative estimate of drug-likeness (QED) is 0.805. The standard InChI is InChI=1S/C8H6BrF3N2Se/c9-5-2-1-4(8(10,11)12)3-6(5)14-7(13)15/h1-3H,(H3,13,14,15). The van der Waals surface area contributed by atoms with Crippen LogP contribution in [0.1, 0.15) is 5.56 Å². The minimum absolute atomic E-state index is 0.204. The number of nitrogens with one attached hydrogen (secondary N) is 1. The second-order valence-corrected chi connectivity index (χ2v) is 4.46. The fourth-order valence-corrected chi connectivity index (χ4v) is 1.51. The summed E-state index contributed by atoms with van der Waals surface area (Å²) in [6, 6.07) is 3.28. The molecule has 82 valence electrons. The first-order valence-corrected chi connectivity index (χ1v) is 5.39. The van der Waals surface area contributed by atoms with Gasteiger partial charge in [-0.05, 0) is 0 Å². The van der Waals surface area contributed by atoms with Crippen molar-refractivity contribution in [1.29, 1.82) is 0 Å². The van der Waals surface area contributed by atoms with Crippen LogP contribution in [0.2, 0.25) is 0 Å². The summed E-state index contributed by atoms with van der Waals surface area (Å²) in [6.07, 6.45) is -4.36. The van der Waals surface area contributed by atoms with Crippen molar-refractivity contribution in [3.63, 3.8) is 0 Å². The summed E-state index contributed by atoms with van der Waals surface area (Å²) in [4.78, 5) is 0. The molecule has 0 aliphatic rings. The first-order valence-electron chi connectivity index (χ1n) is 3.74. The van der Waals surface area contributed by atoms with E-state index in [0.717, 1.165) is 12.1 Å². The van der Waals surface area contributed by atoms with E-state index in [1.807, 2.05) is 0 Å². The van der Waals surface area contributed by atoms with Crippen molar-refractivity contribution in [3.8, 4) is 0 Å². The zero-order valence-electron chi connectivity index (χ0n) is 7.23. The van der Waals surface area contributed by atoms with Gasteiger partial charge in [0, 0.05) is 0 Å². The van der Waals surface area contributed by atoms with Gasteiger partial charge in [-0.25, -0.2) is 0 Å². The Morgan fingerprint density at radius 2 is 2.00 bits per heavy atom. The summed E-state index contributed by atoms with van der Waals surface area (Å²) in [6.45, 7) is 0. The van der Waals surface area contributed by atoms with Crippen LogP contribution in [0.5, 0.6) is 0 Å². The van der Waals surface area contributed by atoms with E-state index in [4.69, 9.17) is 5.73 Å². The molecular weight excluding hydrogens is 340 g/mol. The van der Waals surface area contributed by atoms with E-state index in [-0.39, 0.29) is 10.4 Å². The molecule has 0 radical (unpaired) electrons. The molecule has 0 fully saturated rings. The zero-order valence-corrected chi connectivity index (χ0v) is 10.5. The van der Waals surface area contributed by atoms with Gasteiger partial charge in [0.2, 0.25) is 0 Å². The molecule has 0 aliphatic carbocycles. The topological polar surface area (TPSA) is 38.0 Å². The number of alkyl halides is 3. The first-order chi connectivity index (χ1) is 6.80. The van der Waals surface area contributed by atoms with Gasteiger partial charge in [0.05, 0.1) is 0 Å². The van der Waals surface area contributed by atoms with Crippen LogP contribution in [0.25, 0.3) is 0 Å². The molecule has 7 heteroatoms. The summed E-state index contributed by atoms with van der Waals surface area (Å²) in [5, 5.41) is 2.58. The number of hydrogen-bond donors (Lipinski definition) is 2. The molecule has 3 N–H and O–H groups in total. The predicted molar refractivity (Wildman–Crippen MR) is 57.7 cm³/mol. The Kier molecular flexibility index (Phi) is 3.81. The van der Waals surface area contributed by atoms with E-state index in [1.54, 1.807) is 0 Å². The van der Waals surface area contributed by atoms with Crippen molar-refractivity contribution in [2.75, 3.05) is 5.32 Å². The molecule has 0 aromatic heterocycles. The monoisotopic (exact) mass is 346 g/mol. The van der Waals surface area contributed by atoms with Gasteiger partial charge in [0.1, 0.15) is 0 Å². The van der Waals surface area contributed by atoms with Crippen molar-refractivity contribution >= 4 is 41.9 Å². The molecule has 0 saturated carbocycles. The van der Waals surface area contributed by atoms with Gasteiger partial charge >= 0.3 is 100 Å². The van der Waals surface area contributed by atoms with Gasteiger partial charge in [-0.2, -0.15) is 0 Å². The molecule has 0 unspecified atom stereocenters. The van der Waals surface area contributed by atoms with Crippen molar-refractivity contribution < 1.29 is 13.2 Å². The third kappa shape index (κ3) is 3.52. The van der Waals surface area contributed by atoms with Crippen LogP contribution < -0.4 is 11.1 Å². The van der Waals surface area contributed by atoms with Crippen molar-refractivity contribution in [1.82, 2.24) is 0 Å². The number of halogens is 4. The van der Waals surface area contributed by atoms with E-state index in [9.17, 15) is 13.2 Å². The molecule has 0 saturated heterocycles. The molecule has 0 atom stereocenters. The number of rotatable bonds is 2. The van der Waals surface area contributed by atoms with Crippen LogP contribution in [0.4, 0.5) is 18.9 Å².